The number of urea groups is 1. The van der Waals surface area contributed by atoms with Crippen molar-refractivity contribution in [2.24, 2.45) is 5.92 Å². The van der Waals surface area contributed by atoms with E-state index < -0.39 is 0 Å². The van der Waals surface area contributed by atoms with Gasteiger partial charge in [-0.3, -0.25) is 4.98 Å². The van der Waals surface area contributed by atoms with Crippen molar-refractivity contribution in [1.29, 1.82) is 0 Å². The number of pyridine rings is 1. The Morgan fingerprint density at radius 3 is 2.79 bits per heavy atom. The number of hydrogen-bond donors (Lipinski definition) is 2. The number of aryl methyl sites for hydroxylation is 1. The summed E-state index contributed by atoms with van der Waals surface area (Å²) in [6.07, 6.45) is 3.12. The number of carbonyl (C=O) groups excluding carboxylic acids is 1. The molecular weight excluding hydrogens is 242 g/mol. The first-order valence-electron chi connectivity index (χ1n) is 6.73. The van der Waals surface area contributed by atoms with Crippen molar-refractivity contribution in [3.8, 4) is 0 Å². The molecule has 1 atom stereocenters. The maximum atomic E-state index is 12.1. The highest BCUT2D eigenvalue weighted by Crippen LogP contribution is 2.21. The molecule has 1 fully saturated rings. The highest BCUT2D eigenvalue weighted by molar-refractivity contribution is 5.89. The number of likely N-dealkylation sites (tertiary alicyclic amines) is 1. The van der Waals surface area contributed by atoms with Gasteiger partial charge in [0.15, 0.2) is 0 Å². The van der Waals surface area contributed by atoms with E-state index in [0.29, 0.717) is 19.0 Å². The number of rotatable bonds is 2. The fourth-order valence-electron chi connectivity index (χ4n) is 2.41. The van der Waals surface area contributed by atoms with Crippen molar-refractivity contribution >= 4 is 11.7 Å². The Bertz CT molecular complexity index is 440. The van der Waals surface area contributed by atoms with Gasteiger partial charge in [0.05, 0.1) is 6.10 Å². The summed E-state index contributed by atoms with van der Waals surface area (Å²) in [6, 6.07) is 3.56. The van der Waals surface area contributed by atoms with Crippen LogP contribution in [0.5, 0.6) is 0 Å². The predicted octanol–water partition coefficient (Wildman–Crippen LogP) is 2.01. The molecule has 5 heteroatoms. The molecule has 2 rings (SSSR count). The van der Waals surface area contributed by atoms with Gasteiger partial charge >= 0.3 is 6.03 Å². The van der Waals surface area contributed by atoms with Crippen molar-refractivity contribution in [3.63, 3.8) is 0 Å². The van der Waals surface area contributed by atoms with E-state index >= 15 is 0 Å². The number of carbonyl (C=O) groups is 1. The second-order valence-corrected chi connectivity index (χ2v) is 5.18. The van der Waals surface area contributed by atoms with Crippen molar-refractivity contribution in [1.82, 2.24) is 9.88 Å². The largest absolute Gasteiger partial charge is 0.393 e. The van der Waals surface area contributed by atoms with Crippen LogP contribution < -0.4 is 5.32 Å². The Labute approximate surface area is 113 Å². The molecule has 0 radical (unpaired) electrons. The molecule has 0 bridgehead atoms. The van der Waals surface area contributed by atoms with Crippen molar-refractivity contribution in [3.05, 3.63) is 24.0 Å². The second-order valence-electron chi connectivity index (χ2n) is 5.18. The first-order chi connectivity index (χ1) is 9.06. The third-order valence-corrected chi connectivity index (χ3v) is 3.66. The molecule has 0 spiro atoms. The summed E-state index contributed by atoms with van der Waals surface area (Å²) >= 11 is 0. The van der Waals surface area contributed by atoms with Crippen LogP contribution in [0.4, 0.5) is 10.5 Å². The molecular formula is C14H21N3O2. The van der Waals surface area contributed by atoms with E-state index in [-0.39, 0.29) is 12.1 Å². The molecule has 1 aliphatic rings. The molecule has 19 heavy (non-hydrogen) atoms. The highest BCUT2D eigenvalue weighted by Gasteiger charge is 2.25. The van der Waals surface area contributed by atoms with E-state index in [1.54, 1.807) is 17.2 Å². The van der Waals surface area contributed by atoms with E-state index in [9.17, 15) is 9.90 Å². The zero-order valence-corrected chi connectivity index (χ0v) is 11.5. The second kappa shape index (κ2) is 6.02. The van der Waals surface area contributed by atoms with Crippen molar-refractivity contribution in [2.75, 3.05) is 18.4 Å². The molecule has 0 aromatic carbocycles. The lowest BCUT2D eigenvalue weighted by molar-refractivity contribution is 0.0820. The summed E-state index contributed by atoms with van der Waals surface area (Å²) in [4.78, 5) is 18.0. The molecule has 0 saturated carbocycles. The van der Waals surface area contributed by atoms with E-state index in [1.807, 2.05) is 19.9 Å². The summed E-state index contributed by atoms with van der Waals surface area (Å²) in [6.45, 7) is 5.11. The Morgan fingerprint density at radius 1 is 1.53 bits per heavy atom. The summed E-state index contributed by atoms with van der Waals surface area (Å²) < 4.78 is 0. The van der Waals surface area contributed by atoms with Crippen LogP contribution in [0.3, 0.4) is 0 Å². The Hall–Kier alpha value is -1.62. The standard InChI is InChI=1S/C14H21N3O2/c1-10-9-13(3-6-15-10)16-14(19)17-7-4-12(5-8-17)11(2)18/h3,6,9,11-12,18H,4-5,7-8H2,1-2H3,(H,15,16,19). The normalized spacial score (nSPS) is 18.2. The lowest BCUT2D eigenvalue weighted by atomic mass is 9.92. The van der Waals surface area contributed by atoms with Gasteiger partial charge in [-0.1, -0.05) is 0 Å². The molecule has 1 saturated heterocycles. The number of hydrogen-bond acceptors (Lipinski definition) is 3. The summed E-state index contributed by atoms with van der Waals surface area (Å²) in [5, 5.41) is 12.4. The van der Waals surface area contributed by atoms with E-state index in [0.717, 1.165) is 24.2 Å². The molecule has 2 N–H and O–H groups in total. The van der Waals surface area contributed by atoms with Gasteiger partial charge in [-0.2, -0.15) is 0 Å². The molecule has 1 aromatic rings. The zero-order valence-electron chi connectivity index (χ0n) is 11.5. The molecule has 104 valence electrons. The number of aliphatic hydroxyl groups excluding tert-OH is 1. The monoisotopic (exact) mass is 263 g/mol. The van der Waals surface area contributed by atoms with Crippen LogP contribution in [0.15, 0.2) is 18.3 Å². The SMILES string of the molecule is Cc1cc(NC(=O)N2CCC(C(C)O)CC2)ccn1. The maximum absolute atomic E-state index is 12.1. The average molecular weight is 263 g/mol. The van der Waals surface area contributed by atoms with Crippen LogP contribution in [0.1, 0.15) is 25.5 Å². The van der Waals surface area contributed by atoms with Crippen LogP contribution in [-0.2, 0) is 0 Å². The lowest BCUT2D eigenvalue weighted by Gasteiger charge is -2.33. The Balaban J connectivity index is 1.88. The van der Waals surface area contributed by atoms with Gasteiger partial charge < -0.3 is 15.3 Å². The number of aliphatic hydroxyl groups is 1. The van der Waals surface area contributed by atoms with Crippen LogP contribution in [0, 0.1) is 12.8 Å². The summed E-state index contributed by atoms with van der Waals surface area (Å²) in [7, 11) is 0. The third-order valence-electron chi connectivity index (χ3n) is 3.66. The highest BCUT2D eigenvalue weighted by atomic mass is 16.3. The van der Waals surface area contributed by atoms with Gasteiger partial charge in [0, 0.05) is 30.7 Å². The fourth-order valence-corrected chi connectivity index (χ4v) is 2.41. The van der Waals surface area contributed by atoms with Gasteiger partial charge in [-0.15, -0.1) is 0 Å². The van der Waals surface area contributed by atoms with Gasteiger partial charge in [0.2, 0.25) is 0 Å². The molecule has 0 aliphatic carbocycles. The van der Waals surface area contributed by atoms with Crippen LogP contribution in [-0.4, -0.2) is 40.2 Å². The lowest BCUT2D eigenvalue weighted by Crippen LogP contribution is -2.42. The predicted molar refractivity (Wildman–Crippen MR) is 74.0 cm³/mol. The van der Waals surface area contributed by atoms with Gasteiger partial charge in [0.25, 0.3) is 0 Å². The first-order valence-corrected chi connectivity index (χ1v) is 6.73. The minimum atomic E-state index is -0.284. The van der Waals surface area contributed by atoms with Crippen molar-refractivity contribution < 1.29 is 9.90 Å². The molecule has 5 nitrogen and oxygen atoms in total. The van der Waals surface area contributed by atoms with Gasteiger partial charge in [-0.25, -0.2) is 4.79 Å². The van der Waals surface area contributed by atoms with E-state index in [1.165, 1.54) is 0 Å². The average Bonchev–Trinajstić information content (AvgIpc) is 2.39. The minimum Gasteiger partial charge on any atom is -0.393 e. The number of nitrogens with one attached hydrogen (secondary N) is 1. The van der Waals surface area contributed by atoms with Crippen LogP contribution in [0.2, 0.25) is 0 Å². The van der Waals surface area contributed by atoms with E-state index in [4.69, 9.17) is 0 Å². The Kier molecular flexibility index (Phi) is 4.37. The van der Waals surface area contributed by atoms with Crippen LogP contribution in [0.25, 0.3) is 0 Å². The number of piperidine rings is 1. The van der Waals surface area contributed by atoms with Gasteiger partial charge in [-0.05, 0) is 44.7 Å². The maximum Gasteiger partial charge on any atom is 0.321 e. The zero-order chi connectivity index (χ0) is 13.8. The minimum absolute atomic E-state index is 0.0744. The molecule has 2 heterocycles. The number of amides is 2. The number of anilines is 1. The summed E-state index contributed by atoms with van der Waals surface area (Å²) in [5.74, 6) is 0.312. The van der Waals surface area contributed by atoms with Crippen LogP contribution >= 0.6 is 0 Å². The number of aromatic nitrogens is 1. The molecule has 1 unspecified atom stereocenters. The fraction of sp³-hybridized carbons (Fsp3) is 0.571. The third kappa shape index (κ3) is 3.67. The first kappa shape index (κ1) is 13.8. The number of nitrogens with zero attached hydrogens (tertiary/aromatic N) is 2. The van der Waals surface area contributed by atoms with E-state index in [2.05, 4.69) is 10.3 Å². The quantitative estimate of drug-likeness (QED) is 0.858. The van der Waals surface area contributed by atoms with Crippen molar-refractivity contribution in [2.45, 2.75) is 32.8 Å². The summed E-state index contributed by atoms with van der Waals surface area (Å²) in [5.41, 5.74) is 1.65. The topological polar surface area (TPSA) is 65.5 Å². The molecule has 2 amide bonds. The Morgan fingerprint density at radius 2 is 2.21 bits per heavy atom. The van der Waals surface area contributed by atoms with Gasteiger partial charge in [0.1, 0.15) is 0 Å². The molecule has 1 aromatic heterocycles. The smallest absolute Gasteiger partial charge is 0.321 e. The molecule has 1 aliphatic heterocycles.